The number of hydrogen-bond donors (Lipinski definition) is 1. The van der Waals surface area contributed by atoms with Crippen LogP contribution >= 0.6 is 0 Å². The van der Waals surface area contributed by atoms with Crippen LogP contribution in [0.3, 0.4) is 0 Å². The van der Waals surface area contributed by atoms with E-state index in [0.29, 0.717) is 18.0 Å². The summed E-state index contributed by atoms with van der Waals surface area (Å²) in [7, 11) is 0. The summed E-state index contributed by atoms with van der Waals surface area (Å²) in [6.45, 7) is 4.52. The molecular formula is C16H21N3. The summed E-state index contributed by atoms with van der Waals surface area (Å²) in [5.41, 5.74) is 2.48. The molecule has 3 heteroatoms. The van der Waals surface area contributed by atoms with Crippen LogP contribution in [0, 0.1) is 0 Å². The van der Waals surface area contributed by atoms with Gasteiger partial charge in [0.05, 0.1) is 11.9 Å². The molecule has 0 saturated carbocycles. The van der Waals surface area contributed by atoms with Gasteiger partial charge in [0.2, 0.25) is 0 Å². The first-order valence-electron chi connectivity index (χ1n) is 7.14. The molecule has 0 radical (unpaired) electrons. The second-order valence-electron chi connectivity index (χ2n) is 5.48. The first-order chi connectivity index (χ1) is 9.28. The van der Waals surface area contributed by atoms with Gasteiger partial charge in [-0.1, -0.05) is 25.1 Å². The predicted molar refractivity (Wildman–Crippen MR) is 77.6 cm³/mol. The van der Waals surface area contributed by atoms with Gasteiger partial charge in [0.15, 0.2) is 0 Å². The highest BCUT2D eigenvalue weighted by Crippen LogP contribution is 2.32. The van der Waals surface area contributed by atoms with Crippen molar-refractivity contribution in [2.45, 2.75) is 44.7 Å². The molecule has 1 saturated heterocycles. The zero-order valence-corrected chi connectivity index (χ0v) is 11.6. The van der Waals surface area contributed by atoms with Crippen LogP contribution < -0.4 is 5.32 Å². The van der Waals surface area contributed by atoms with Crippen LogP contribution in [0.1, 0.15) is 38.2 Å². The summed E-state index contributed by atoms with van der Waals surface area (Å²) in [5, 5.41) is 8.18. The SMILES string of the molecule is CCC1NC(C)CC1c1cnn(-c2ccccc2)c1. The molecule has 3 unspecified atom stereocenters. The molecule has 1 aromatic heterocycles. The zero-order valence-electron chi connectivity index (χ0n) is 11.6. The van der Waals surface area contributed by atoms with E-state index in [0.717, 1.165) is 5.69 Å². The highest BCUT2D eigenvalue weighted by molar-refractivity contribution is 5.32. The van der Waals surface area contributed by atoms with E-state index in [1.807, 2.05) is 29.1 Å². The van der Waals surface area contributed by atoms with E-state index in [-0.39, 0.29) is 0 Å². The molecule has 3 rings (SSSR count). The van der Waals surface area contributed by atoms with Crippen LogP contribution in [0.25, 0.3) is 5.69 Å². The molecule has 1 fully saturated rings. The highest BCUT2D eigenvalue weighted by Gasteiger charge is 2.31. The molecule has 100 valence electrons. The van der Waals surface area contributed by atoms with Crippen LogP contribution in [0.2, 0.25) is 0 Å². The van der Waals surface area contributed by atoms with Gasteiger partial charge >= 0.3 is 0 Å². The molecule has 1 aliphatic heterocycles. The largest absolute Gasteiger partial charge is 0.311 e. The Bertz CT molecular complexity index is 532. The van der Waals surface area contributed by atoms with Crippen LogP contribution in [-0.4, -0.2) is 21.9 Å². The number of nitrogens with one attached hydrogen (secondary N) is 1. The number of aromatic nitrogens is 2. The standard InChI is InChI=1S/C16H21N3/c1-3-16-15(9-12(2)18-16)13-10-17-19(11-13)14-7-5-4-6-8-14/h4-8,10-12,15-16,18H,3,9H2,1-2H3. The van der Waals surface area contributed by atoms with Gasteiger partial charge in [0.25, 0.3) is 0 Å². The van der Waals surface area contributed by atoms with Crippen molar-refractivity contribution in [2.24, 2.45) is 0 Å². The fraction of sp³-hybridized carbons (Fsp3) is 0.438. The second-order valence-corrected chi connectivity index (χ2v) is 5.48. The summed E-state index contributed by atoms with van der Waals surface area (Å²) < 4.78 is 1.98. The topological polar surface area (TPSA) is 29.9 Å². The summed E-state index contributed by atoms with van der Waals surface area (Å²) in [6, 6.07) is 11.5. The van der Waals surface area contributed by atoms with Crippen LogP contribution in [0.4, 0.5) is 0 Å². The van der Waals surface area contributed by atoms with E-state index in [1.54, 1.807) is 0 Å². The zero-order chi connectivity index (χ0) is 13.2. The van der Waals surface area contributed by atoms with E-state index in [4.69, 9.17) is 0 Å². The first kappa shape index (κ1) is 12.4. The van der Waals surface area contributed by atoms with Gasteiger partial charge < -0.3 is 5.32 Å². The maximum absolute atomic E-state index is 4.51. The Morgan fingerprint density at radius 3 is 2.84 bits per heavy atom. The van der Waals surface area contributed by atoms with Gasteiger partial charge in [-0.15, -0.1) is 0 Å². The van der Waals surface area contributed by atoms with Crippen LogP contribution in [0.15, 0.2) is 42.7 Å². The Morgan fingerprint density at radius 2 is 2.11 bits per heavy atom. The van der Waals surface area contributed by atoms with Gasteiger partial charge in [0, 0.05) is 24.2 Å². The summed E-state index contributed by atoms with van der Waals surface area (Å²) in [4.78, 5) is 0. The fourth-order valence-electron chi connectivity index (χ4n) is 3.12. The third-order valence-electron chi connectivity index (χ3n) is 4.08. The minimum absolute atomic E-state index is 0.587. The Hall–Kier alpha value is -1.61. The Balaban J connectivity index is 1.85. The van der Waals surface area contributed by atoms with Crippen molar-refractivity contribution in [3.8, 4) is 5.69 Å². The van der Waals surface area contributed by atoms with Gasteiger partial charge in [-0.2, -0.15) is 5.10 Å². The molecule has 0 spiro atoms. The monoisotopic (exact) mass is 255 g/mol. The van der Waals surface area contributed by atoms with Crippen molar-refractivity contribution in [3.05, 3.63) is 48.3 Å². The average Bonchev–Trinajstić information content (AvgIpc) is 3.05. The highest BCUT2D eigenvalue weighted by atomic mass is 15.3. The number of hydrogen-bond acceptors (Lipinski definition) is 2. The number of nitrogens with zero attached hydrogens (tertiary/aromatic N) is 2. The van der Waals surface area contributed by atoms with Gasteiger partial charge in [0.1, 0.15) is 0 Å². The lowest BCUT2D eigenvalue weighted by molar-refractivity contribution is 0.517. The van der Waals surface area contributed by atoms with Gasteiger partial charge in [-0.05, 0) is 37.5 Å². The summed E-state index contributed by atoms with van der Waals surface area (Å²) in [6.07, 6.45) is 6.59. The van der Waals surface area contributed by atoms with Crippen molar-refractivity contribution in [3.63, 3.8) is 0 Å². The van der Waals surface area contributed by atoms with Crippen molar-refractivity contribution in [1.29, 1.82) is 0 Å². The van der Waals surface area contributed by atoms with E-state index < -0.39 is 0 Å². The quantitative estimate of drug-likeness (QED) is 0.913. The van der Waals surface area contributed by atoms with Gasteiger partial charge in [-0.25, -0.2) is 4.68 Å². The smallest absolute Gasteiger partial charge is 0.0645 e. The second kappa shape index (κ2) is 5.17. The molecule has 0 amide bonds. The molecule has 0 bridgehead atoms. The molecule has 2 aromatic rings. The molecule has 19 heavy (non-hydrogen) atoms. The van der Waals surface area contributed by atoms with Crippen LogP contribution in [-0.2, 0) is 0 Å². The average molecular weight is 255 g/mol. The number of rotatable bonds is 3. The summed E-state index contributed by atoms with van der Waals surface area (Å²) >= 11 is 0. The third-order valence-corrected chi connectivity index (χ3v) is 4.08. The van der Waals surface area contributed by atoms with Crippen LogP contribution in [0.5, 0.6) is 0 Å². The lowest BCUT2D eigenvalue weighted by atomic mass is 9.92. The lowest BCUT2D eigenvalue weighted by Gasteiger charge is -2.15. The van der Waals surface area contributed by atoms with Crippen molar-refractivity contribution < 1.29 is 0 Å². The summed E-state index contributed by atoms with van der Waals surface area (Å²) in [5.74, 6) is 0.595. The third kappa shape index (κ3) is 2.43. The molecule has 3 atom stereocenters. The minimum Gasteiger partial charge on any atom is -0.311 e. The Kier molecular flexibility index (Phi) is 3.38. The normalized spacial score (nSPS) is 26.7. The number of benzene rings is 1. The molecule has 1 aromatic carbocycles. The minimum atomic E-state index is 0.587. The van der Waals surface area contributed by atoms with E-state index in [9.17, 15) is 0 Å². The number of para-hydroxylation sites is 1. The molecule has 1 aliphatic rings. The maximum atomic E-state index is 4.51. The molecule has 3 nitrogen and oxygen atoms in total. The molecule has 1 N–H and O–H groups in total. The fourth-order valence-corrected chi connectivity index (χ4v) is 3.12. The lowest BCUT2D eigenvalue weighted by Crippen LogP contribution is -2.28. The van der Waals surface area contributed by atoms with E-state index in [2.05, 4.69) is 42.6 Å². The first-order valence-corrected chi connectivity index (χ1v) is 7.14. The predicted octanol–water partition coefficient (Wildman–Crippen LogP) is 3.12. The van der Waals surface area contributed by atoms with E-state index in [1.165, 1.54) is 18.4 Å². The Labute approximate surface area is 114 Å². The Morgan fingerprint density at radius 1 is 1.32 bits per heavy atom. The molecule has 0 aliphatic carbocycles. The van der Waals surface area contributed by atoms with E-state index >= 15 is 0 Å². The van der Waals surface area contributed by atoms with Gasteiger partial charge in [-0.3, -0.25) is 0 Å². The maximum Gasteiger partial charge on any atom is 0.0645 e. The van der Waals surface area contributed by atoms with Crippen molar-refractivity contribution >= 4 is 0 Å². The molecule has 2 heterocycles. The van der Waals surface area contributed by atoms with Crippen molar-refractivity contribution in [1.82, 2.24) is 15.1 Å². The van der Waals surface area contributed by atoms with Crippen molar-refractivity contribution in [2.75, 3.05) is 0 Å². The molecular weight excluding hydrogens is 234 g/mol.